The fraction of sp³-hybridized carbons (Fsp3) is 0.963. The van der Waals surface area contributed by atoms with Crippen LogP contribution in [0.1, 0.15) is 86.0 Å². The van der Waals surface area contributed by atoms with Crippen molar-refractivity contribution in [1.82, 2.24) is 0 Å². The molecule has 6 atom stereocenters. The Hall–Kier alpha value is -0.923. The Kier molecular flexibility index (Phi) is 7.31. The van der Waals surface area contributed by atoms with Crippen LogP contribution in [0, 0.1) is 28.6 Å². The number of ketones is 1. The van der Waals surface area contributed by atoms with Crippen molar-refractivity contribution < 1.29 is 18.7 Å². The Morgan fingerprint density at radius 3 is 2.34 bits per heavy atom. The van der Waals surface area contributed by atoms with E-state index in [9.17, 15) is 4.79 Å². The van der Waals surface area contributed by atoms with Crippen LogP contribution in [0.25, 0.3) is 10.4 Å². The molecule has 1 heterocycles. The maximum atomic E-state index is 13.9. The summed E-state index contributed by atoms with van der Waals surface area (Å²) in [5.74, 6) is 0.944. The number of hydrogen-bond donors (Lipinski definition) is 0. The molecule has 0 aromatic heterocycles. The van der Waals surface area contributed by atoms with Crippen LogP contribution < -0.4 is 0 Å². The van der Waals surface area contributed by atoms with Gasteiger partial charge in [0.2, 0.25) is 0 Å². The summed E-state index contributed by atoms with van der Waals surface area (Å²) in [6.07, 6.45) is 7.23. The number of carbonyl (C=O) groups excluding carboxylic acids is 1. The molecule has 0 N–H and O–H groups in total. The lowest BCUT2D eigenvalue weighted by atomic mass is 9.50. The van der Waals surface area contributed by atoms with Gasteiger partial charge in [-0.15, -0.1) is 0 Å². The highest BCUT2D eigenvalue weighted by Gasteiger charge is 2.66. The smallest absolute Gasteiger partial charge is 0.192 e. The molecular formula is C27H47N3O4Si. The number of nitrogens with zero attached hydrogens (tertiary/aromatic N) is 3. The van der Waals surface area contributed by atoms with Gasteiger partial charge in [0.25, 0.3) is 0 Å². The molecule has 0 aromatic carbocycles. The van der Waals surface area contributed by atoms with Crippen molar-refractivity contribution in [1.29, 1.82) is 0 Å². The summed E-state index contributed by atoms with van der Waals surface area (Å²) in [5.41, 5.74) is 8.54. The van der Waals surface area contributed by atoms with E-state index in [-0.39, 0.29) is 22.0 Å². The molecule has 3 saturated carbocycles. The number of Topliss-reactive ketones (excluding diaryl/α,β-unsaturated/α-hetero) is 1. The summed E-state index contributed by atoms with van der Waals surface area (Å²) in [7, 11) is -1.92. The van der Waals surface area contributed by atoms with Crippen LogP contribution in [0.4, 0.5) is 0 Å². The van der Waals surface area contributed by atoms with Gasteiger partial charge in [-0.3, -0.25) is 4.79 Å². The Bertz CT molecular complexity index is 861. The van der Waals surface area contributed by atoms with E-state index in [1.54, 1.807) is 0 Å². The van der Waals surface area contributed by atoms with E-state index in [2.05, 4.69) is 57.7 Å². The normalized spacial score (nSPS) is 39.5. The lowest BCUT2D eigenvalue weighted by molar-refractivity contribution is -0.242. The Labute approximate surface area is 212 Å². The van der Waals surface area contributed by atoms with Crippen molar-refractivity contribution in [3.63, 3.8) is 0 Å². The van der Waals surface area contributed by atoms with Crippen molar-refractivity contribution in [2.45, 2.75) is 116 Å². The number of rotatable bonds is 6. The predicted octanol–water partition coefficient (Wildman–Crippen LogP) is 7.02. The predicted molar refractivity (Wildman–Crippen MR) is 139 cm³/mol. The Morgan fingerprint density at radius 1 is 1.09 bits per heavy atom. The molecule has 1 spiro atoms. The third-order valence-electron chi connectivity index (χ3n) is 11.0. The van der Waals surface area contributed by atoms with Crippen LogP contribution in [-0.4, -0.2) is 45.8 Å². The van der Waals surface area contributed by atoms with Crippen molar-refractivity contribution >= 4 is 14.1 Å². The van der Waals surface area contributed by atoms with Gasteiger partial charge in [0, 0.05) is 35.1 Å². The van der Waals surface area contributed by atoms with Gasteiger partial charge in [0.15, 0.2) is 14.1 Å². The zero-order valence-electron chi connectivity index (χ0n) is 23.1. The standard InChI is InChI=1S/C27H47N3O4Si/c1-24(2,3)35(6,7)34-19-8-12-25(4,23(31)18-19)21-9-13-26(5)22(20(21)11-15-29-30-28)10-14-27(26)32-16-17-33-27/h19-22H,8-18H2,1-7H3/t19?,20-,21?,22?,25-,26+/m1/s1. The molecule has 1 aliphatic heterocycles. The summed E-state index contributed by atoms with van der Waals surface area (Å²) in [5, 5.41) is 4.04. The van der Waals surface area contributed by atoms with Crippen LogP contribution in [-0.2, 0) is 18.7 Å². The molecule has 0 radical (unpaired) electrons. The van der Waals surface area contributed by atoms with Crippen LogP contribution in [0.3, 0.4) is 0 Å². The molecule has 8 heteroatoms. The highest BCUT2D eigenvalue weighted by atomic mass is 28.4. The van der Waals surface area contributed by atoms with Gasteiger partial charge in [-0.25, -0.2) is 0 Å². The fourth-order valence-corrected chi connectivity index (χ4v) is 9.23. The molecule has 1 saturated heterocycles. The van der Waals surface area contributed by atoms with Crippen molar-refractivity contribution in [2.75, 3.05) is 19.8 Å². The topological polar surface area (TPSA) is 93.5 Å². The SMILES string of the molecule is CC(C)(C)[Si](C)(C)OC1CC[C@](C)(C2CC[C@@]3(C)C(CCC34OCCO4)[C@@H]2CCN=[N+]=[N-])C(=O)C1. The van der Waals surface area contributed by atoms with E-state index >= 15 is 0 Å². The average Bonchev–Trinajstić information content (AvgIpc) is 3.36. The van der Waals surface area contributed by atoms with Gasteiger partial charge < -0.3 is 13.9 Å². The maximum Gasteiger partial charge on any atom is 0.192 e. The molecule has 198 valence electrons. The van der Waals surface area contributed by atoms with Gasteiger partial charge in [-0.2, -0.15) is 0 Å². The fourth-order valence-electron chi connectivity index (χ4n) is 7.85. The van der Waals surface area contributed by atoms with Crippen molar-refractivity contribution in [2.24, 2.45) is 33.7 Å². The molecule has 3 aliphatic carbocycles. The van der Waals surface area contributed by atoms with E-state index in [0.717, 1.165) is 44.9 Å². The van der Waals surface area contributed by atoms with E-state index in [0.29, 0.717) is 49.7 Å². The zero-order valence-corrected chi connectivity index (χ0v) is 24.1. The van der Waals surface area contributed by atoms with Crippen LogP contribution in [0.5, 0.6) is 0 Å². The monoisotopic (exact) mass is 505 g/mol. The third-order valence-corrected chi connectivity index (χ3v) is 15.5. The minimum Gasteiger partial charge on any atom is -0.413 e. The summed E-state index contributed by atoms with van der Waals surface area (Å²) >= 11 is 0. The molecule has 0 amide bonds. The minimum absolute atomic E-state index is 0.0435. The summed E-state index contributed by atoms with van der Waals surface area (Å²) in [4.78, 5) is 16.9. The van der Waals surface area contributed by atoms with E-state index in [4.69, 9.17) is 19.4 Å². The molecule has 4 fully saturated rings. The Morgan fingerprint density at radius 2 is 1.74 bits per heavy atom. The van der Waals surface area contributed by atoms with Gasteiger partial charge >= 0.3 is 0 Å². The number of ether oxygens (including phenoxy) is 2. The lowest BCUT2D eigenvalue weighted by Crippen LogP contribution is -2.56. The molecular weight excluding hydrogens is 458 g/mol. The highest BCUT2D eigenvalue weighted by molar-refractivity contribution is 6.74. The van der Waals surface area contributed by atoms with Crippen LogP contribution >= 0.6 is 0 Å². The van der Waals surface area contributed by atoms with Crippen molar-refractivity contribution in [3.8, 4) is 0 Å². The lowest BCUT2D eigenvalue weighted by Gasteiger charge is -2.56. The first-order chi connectivity index (χ1) is 16.3. The molecule has 4 rings (SSSR count). The second-order valence-corrected chi connectivity index (χ2v) is 18.4. The van der Waals surface area contributed by atoms with Crippen LogP contribution in [0.15, 0.2) is 5.11 Å². The second-order valence-electron chi connectivity index (χ2n) is 13.6. The number of azide groups is 1. The zero-order chi connectivity index (χ0) is 25.7. The third kappa shape index (κ3) is 4.52. The Balaban J connectivity index is 1.55. The minimum atomic E-state index is -1.92. The molecule has 3 unspecified atom stereocenters. The van der Waals surface area contributed by atoms with E-state index < -0.39 is 14.1 Å². The van der Waals surface area contributed by atoms with Gasteiger partial charge in [0.05, 0.1) is 19.3 Å². The van der Waals surface area contributed by atoms with Crippen LogP contribution in [0.2, 0.25) is 18.1 Å². The molecule has 0 aromatic rings. The van der Waals surface area contributed by atoms with Crippen molar-refractivity contribution in [3.05, 3.63) is 10.4 Å². The number of hydrogen-bond acceptors (Lipinski definition) is 5. The molecule has 7 nitrogen and oxygen atoms in total. The summed E-state index contributed by atoms with van der Waals surface area (Å²) in [6.45, 7) is 17.7. The van der Waals surface area contributed by atoms with E-state index in [1.807, 2.05) is 0 Å². The molecule has 35 heavy (non-hydrogen) atoms. The first-order valence-corrected chi connectivity index (χ1v) is 16.7. The number of fused-ring (bicyclic) bond motifs is 2. The second kappa shape index (κ2) is 9.43. The first-order valence-electron chi connectivity index (χ1n) is 13.8. The molecule has 4 aliphatic rings. The number of carbonyl (C=O) groups is 1. The molecule has 0 bridgehead atoms. The largest absolute Gasteiger partial charge is 0.413 e. The summed E-state index contributed by atoms with van der Waals surface area (Å²) in [6, 6.07) is 0. The van der Waals surface area contributed by atoms with Gasteiger partial charge in [-0.1, -0.05) is 39.7 Å². The maximum absolute atomic E-state index is 13.9. The average molecular weight is 506 g/mol. The first kappa shape index (κ1) is 27.1. The highest BCUT2D eigenvalue weighted by Crippen LogP contribution is 2.66. The van der Waals surface area contributed by atoms with Gasteiger partial charge in [0.1, 0.15) is 5.78 Å². The quantitative estimate of drug-likeness (QED) is 0.168. The summed E-state index contributed by atoms with van der Waals surface area (Å²) < 4.78 is 19.2. The van der Waals surface area contributed by atoms with Gasteiger partial charge in [-0.05, 0) is 79.9 Å². The van der Waals surface area contributed by atoms with E-state index in [1.165, 1.54) is 0 Å².